The van der Waals surface area contributed by atoms with Gasteiger partial charge in [0.25, 0.3) is 0 Å². The number of hydrogen-bond donors (Lipinski definition) is 0. The van der Waals surface area contributed by atoms with Gasteiger partial charge < -0.3 is 0 Å². The third-order valence-electron chi connectivity index (χ3n) is 1.35. The Morgan fingerprint density at radius 1 is 1.08 bits per heavy atom. The van der Waals surface area contributed by atoms with E-state index < -0.39 is 0 Å². The second-order valence-corrected chi connectivity index (χ2v) is 4.99. The summed E-state index contributed by atoms with van der Waals surface area (Å²) >= 11 is 6.51. The number of aldehydes is 1. The molecule has 0 aliphatic carbocycles. The number of carbonyl (C=O) groups is 1. The lowest BCUT2D eigenvalue weighted by Gasteiger charge is -1.93. The fourth-order valence-corrected chi connectivity index (χ4v) is 1.33. The second-order valence-electron chi connectivity index (χ2n) is 2.22. The van der Waals surface area contributed by atoms with E-state index in [-0.39, 0.29) is 0 Å². The predicted molar refractivity (Wildman–Crippen MR) is 57.7 cm³/mol. The van der Waals surface area contributed by atoms with Gasteiger partial charge >= 0.3 is 0 Å². The van der Waals surface area contributed by atoms with Crippen molar-refractivity contribution in [3.8, 4) is 0 Å². The molecular formula is C9H6Br2O. The third kappa shape index (κ3) is 2.91. The third-order valence-corrected chi connectivity index (χ3v) is 1.81. The largest absolute Gasteiger partial charge is 0.298 e. The summed E-state index contributed by atoms with van der Waals surface area (Å²) in [5, 5.41) is 0. The van der Waals surface area contributed by atoms with Gasteiger partial charge in [-0.1, -0.05) is 24.3 Å². The molecule has 0 aliphatic heterocycles. The van der Waals surface area contributed by atoms with Crippen LogP contribution in [0.25, 0.3) is 6.08 Å². The molecular weight excluding hydrogens is 284 g/mol. The summed E-state index contributed by atoms with van der Waals surface area (Å²) in [5.41, 5.74) is 1.74. The smallest absolute Gasteiger partial charge is 0.150 e. The topological polar surface area (TPSA) is 17.1 Å². The van der Waals surface area contributed by atoms with Gasteiger partial charge in [-0.2, -0.15) is 0 Å². The molecule has 1 nitrogen and oxygen atoms in total. The average Bonchev–Trinajstić information content (AvgIpc) is 2.05. The van der Waals surface area contributed by atoms with E-state index in [1.807, 2.05) is 18.2 Å². The molecule has 0 atom stereocenters. The molecule has 12 heavy (non-hydrogen) atoms. The first kappa shape index (κ1) is 9.68. The van der Waals surface area contributed by atoms with Gasteiger partial charge in [0.1, 0.15) is 6.29 Å². The van der Waals surface area contributed by atoms with E-state index in [1.54, 1.807) is 12.1 Å². The molecule has 0 amide bonds. The lowest BCUT2D eigenvalue weighted by Crippen LogP contribution is -1.78. The molecule has 1 rings (SSSR count). The van der Waals surface area contributed by atoms with Crippen LogP contribution in [0.4, 0.5) is 0 Å². The molecule has 0 bridgehead atoms. The molecule has 0 radical (unpaired) electrons. The minimum Gasteiger partial charge on any atom is -0.298 e. The van der Waals surface area contributed by atoms with Gasteiger partial charge in [-0.3, -0.25) is 4.79 Å². The number of benzene rings is 1. The van der Waals surface area contributed by atoms with Crippen LogP contribution in [0.3, 0.4) is 0 Å². The summed E-state index contributed by atoms with van der Waals surface area (Å²) in [5.74, 6) is 0. The Morgan fingerprint density at radius 2 is 1.58 bits per heavy atom. The summed E-state index contributed by atoms with van der Waals surface area (Å²) < 4.78 is 0.883. The molecule has 0 spiro atoms. The Labute approximate surface area is 87.7 Å². The van der Waals surface area contributed by atoms with Crippen molar-refractivity contribution < 1.29 is 4.79 Å². The Balaban J connectivity index is 2.92. The Bertz CT molecular complexity index is 297. The summed E-state index contributed by atoms with van der Waals surface area (Å²) in [6, 6.07) is 7.32. The Morgan fingerprint density at radius 3 is 2.00 bits per heavy atom. The van der Waals surface area contributed by atoms with E-state index in [4.69, 9.17) is 0 Å². The van der Waals surface area contributed by atoms with Crippen molar-refractivity contribution in [1.82, 2.24) is 0 Å². The highest BCUT2D eigenvalue weighted by Crippen LogP contribution is 2.17. The molecule has 0 N–H and O–H groups in total. The highest BCUT2D eigenvalue weighted by Gasteiger charge is 1.90. The van der Waals surface area contributed by atoms with Crippen molar-refractivity contribution in [3.63, 3.8) is 0 Å². The maximum Gasteiger partial charge on any atom is 0.150 e. The van der Waals surface area contributed by atoms with Crippen LogP contribution in [-0.2, 0) is 0 Å². The van der Waals surface area contributed by atoms with Crippen LogP contribution in [0.2, 0.25) is 0 Å². The number of halogens is 2. The van der Waals surface area contributed by atoms with Crippen LogP contribution in [0.15, 0.2) is 27.7 Å². The van der Waals surface area contributed by atoms with Crippen molar-refractivity contribution in [2.24, 2.45) is 0 Å². The van der Waals surface area contributed by atoms with Gasteiger partial charge in [-0.25, -0.2) is 0 Å². The first-order chi connectivity index (χ1) is 5.72. The van der Waals surface area contributed by atoms with E-state index in [0.29, 0.717) is 5.56 Å². The molecule has 0 saturated heterocycles. The van der Waals surface area contributed by atoms with Gasteiger partial charge in [0.15, 0.2) is 0 Å². The Hall–Kier alpha value is -0.410. The molecule has 0 aromatic heterocycles. The van der Waals surface area contributed by atoms with Crippen LogP contribution in [-0.4, -0.2) is 6.29 Å². The van der Waals surface area contributed by atoms with Gasteiger partial charge in [-0.05, 0) is 43.5 Å². The van der Waals surface area contributed by atoms with E-state index in [0.717, 1.165) is 15.2 Å². The van der Waals surface area contributed by atoms with Crippen molar-refractivity contribution in [3.05, 3.63) is 38.8 Å². The lowest BCUT2D eigenvalue weighted by atomic mass is 10.1. The molecule has 0 unspecified atom stereocenters. The molecule has 0 aliphatic rings. The standard InChI is InChI=1S/C9H6Br2O/c10-9(11)5-7-1-3-8(6-12)4-2-7/h1-6H. The molecule has 0 saturated carbocycles. The fourth-order valence-electron chi connectivity index (χ4n) is 0.797. The zero-order valence-electron chi connectivity index (χ0n) is 6.13. The number of rotatable bonds is 2. The maximum absolute atomic E-state index is 10.3. The minimum absolute atomic E-state index is 0.692. The molecule has 62 valence electrons. The van der Waals surface area contributed by atoms with Crippen LogP contribution in [0, 0.1) is 0 Å². The van der Waals surface area contributed by atoms with Gasteiger partial charge in [0, 0.05) is 5.56 Å². The van der Waals surface area contributed by atoms with Crippen molar-refractivity contribution >= 4 is 44.2 Å². The normalized spacial score (nSPS) is 9.17. The van der Waals surface area contributed by atoms with Crippen LogP contribution in [0.1, 0.15) is 15.9 Å². The SMILES string of the molecule is O=Cc1ccc(C=C(Br)Br)cc1. The molecule has 3 heteroatoms. The van der Waals surface area contributed by atoms with E-state index in [9.17, 15) is 4.79 Å². The highest BCUT2D eigenvalue weighted by atomic mass is 79.9. The average molecular weight is 290 g/mol. The summed E-state index contributed by atoms with van der Waals surface area (Å²) in [7, 11) is 0. The Kier molecular flexibility index (Phi) is 3.69. The first-order valence-corrected chi connectivity index (χ1v) is 4.89. The molecule has 1 aromatic carbocycles. The number of carbonyl (C=O) groups excluding carboxylic acids is 1. The zero-order valence-corrected chi connectivity index (χ0v) is 9.30. The first-order valence-electron chi connectivity index (χ1n) is 3.30. The maximum atomic E-state index is 10.3. The minimum atomic E-state index is 0.692. The van der Waals surface area contributed by atoms with Gasteiger partial charge in [0.2, 0.25) is 0 Å². The molecule has 0 fully saturated rings. The summed E-state index contributed by atoms with van der Waals surface area (Å²) in [6.45, 7) is 0. The fraction of sp³-hybridized carbons (Fsp3) is 0. The van der Waals surface area contributed by atoms with Crippen LogP contribution >= 0.6 is 31.9 Å². The second kappa shape index (κ2) is 4.58. The quantitative estimate of drug-likeness (QED) is 0.761. The van der Waals surface area contributed by atoms with Gasteiger partial charge in [0.05, 0.1) is 3.39 Å². The van der Waals surface area contributed by atoms with Crippen LogP contribution in [0.5, 0.6) is 0 Å². The van der Waals surface area contributed by atoms with E-state index in [1.165, 1.54) is 0 Å². The molecule has 0 heterocycles. The van der Waals surface area contributed by atoms with E-state index >= 15 is 0 Å². The zero-order chi connectivity index (χ0) is 8.97. The van der Waals surface area contributed by atoms with Gasteiger partial charge in [-0.15, -0.1) is 0 Å². The van der Waals surface area contributed by atoms with Crippen molar-refractivity contribution in [2.75, 3.05) is 0 Å². The lowest BCUT2D eigenvalue weighted by molar-refractivity contribution is 0.112. The molecule has 1 aromatic rings. The highest BCUT2D eigenvalue weighted by molar-refractivity contribution is 9.28. The van der Waals surface area contributed by atoms with E-state index in [2.05, 4.69) is 31.9 Å². The van der Waals surface area contributed by atoms with Crippen molar-refractivity contribution in [1.29, 1.82) is 0 Å². The number of hydrogen-bond acceptors (Lipinski definition) is 1. The van der Waals surface area contributed by atoms with Crippen LogP contribution < -0.4 is 0 Å². The predicted octanol–water partition coefficient (Wildman–Crippen LogP) is 3.59. The van der Waals surface area contributed by atoms with Crippen molar-refractivity contribution in [2.45, 2.75) is 0 Å². The monoisotopic (exact) mass is 288 g/mol. The summed E-state index contributed by atoms with van der Waals surface area (Å²) in [4.78, 5) is 10.3. The summed E-state index contributed by atoms with van der Waals surface area (Å²) in [6.07, 6.45) is 2.74.